The number of nitrogens with zero attached hydrogens (tertiary/aromatic N) is 2. The van der Waals surface area contributed by atoms with Crippen LogP contribution in [-0.2, 0) is 32.3 Å². The van der Waals surface area contributed by atoms with Crippen LogP contribution in [0.3, 0.4) is 0 Å². The number of hydrogen-bond donors (Lipinski definition) is 1. The van der Waals surface area contributed by atoms with Crippen molar-refractivity contribution in [3.8, 4) is 0 Å². The summed E-state index contributed by atoms with van der Waals surface area (Å²) in [6.07, 6.45) is -4.76. The Hall–Kier alpha value is -3.28. The molecular formula is C27H26Cl2F3N3O4S. The van der Waals surface area contributed by atoms with Crippen molar-refractivity contribution < 1.29 is 31.2 Å². The van der Waals surface area contributed by atoms with Crippen LogP contribution in [0.5, 0.6) is 0 Å². The zero-order chi connectivity index (χ0) is 29.7. The molecule has 1 N–H and O–H groups in total. The highest BCUT2D eigenvalue weighted by Gasteiger charge is 2.35. The van der Waals surface area contributed by atoms with Gasteiger partial charge in [-0.05, 0) is 56.3 Å². The van der Waals surface area contributed by atoms with Gasteiger partial charge in [0.1, 0.15) is 12.6 Å². The molecule has 0 spiro atoms. The van der Waals surface area contributed by atoms with Crippen molar-refractivity contribution in [3.05, 3.63) is 94.0 Å². The molecule has 0 heterocycles. The van der Waals surface area contributed by atoms with E-state index in [1.54, 1.807) is 19.1 Å². The van der Waals surface area contributed by atoms with Crippen molar-refractivity contribution in [2.45, 2.75) is 37.5 Å². The Morgan fingerprint density at radius 3 is 2.12 bits per heavy atom. The van der Waals surface area contributed by atoms with E-state index in [9.17, 15) is 31.2 Å². The maximum atomic E-state index is 13.8. The van der Waals surface area contributed by atoms with E-state index in [2.05, 4.69) is 5.32 Å². The summed E-state index contributed by atoms with van der Waals surface area (Å²) >= 11 is 12.6. The van der Waals surface area contributed by atoms with E-state index in [1.807, 2.05) is 0 Å². The first-order valence-electron chi connectivity index (χ1n) is 12.0. The van der Waals surface area contributed by atoms with Gasteiger partial charge in [-0.25, -0.2) is 8.42 Å². The highest BCUT2D eigenvalue weighted by atomic mass is 35.5. The van der Waals surface area contributed by atoms with Crippen LogP contribution in [-0.4, -0.2) is 44.3 Å². The van der Waals surface area contributed by atoms with Crippen molar-refractivity contribution in [2.24, 2.45) is 0 Å². The maximum absolute atomic E-state index is 13.8. The molecule has 40 heavy (non-hydrogen) atoms. The quantitative estimate of drug-likeness (QED) is 0.314. The number of carbonyl (C=O) groups is 2. The van der Waals surface area contributed by atoms with Crippen LogP contribution < -0.4 is 9.62 Å². The Morgan fingerprint density at radius 2 is 1.55 bits per heavy atom. The van der Waals surface area contributed by atoms with Crippen molar-refractivity contribution >= 4 is 50.7 Å². The zero-order valence-electron chi connectivity index (χ0n) is 21.5. The van der Waals surface area contributed by atoms with Crippen molar-refractivity contribution in [1.29, 1.82) is 0 Å². The summed E-state index contributed by atoms with van der Waals surface area (Å²) < 4.78 is 68.5. The van der Waals surface area contributed by atoms with E-state index in [-0.39, 0.29) is 33.7 Å². The summed E-state index contributed by atoms with van der Waals surface area (Å²) in [6.45, 7) is 2.20. The zero-order valence-corrected chi connectivity index (χ0v) is 23.8. The van der Waals surface area contributed by atoms with Gasteiger partial charge >= 0.3 is 6.18 Å². The molecule has 0 aliphatic heterocycles. The summed E-state index contributed by atoms with van der Waals surface area (Å²) in [5, 5.41) is 3.02. The average Bonchev–Trinajstić information content (AvgIpc) is 2.91. The Balaban J connectivity index is 2.11. The van der Waals surface area contributed by atoms with Gasteiger partial charge < -0.3 is 10.2 Å². The second-order valence-electron chi connectivity index (χ2n) is 8.67. The molecule has 13 heteroatoms. The van der Waals surface area contributed by atoms with E-state index < -0.39 is 46.2 Å². The molecule has 0 saturated carbocycles. The van der Waals surface area contributed by atoms with Gasteiger partial charge in [0.05, 0.1) is 16.1 Å². The first kappa shape index (κ1) is 31.3. The molecule has 3 aromatic rings. The third kappa shape index (κ3) is 7.26. The van der Waals surface area contributed by atoms with Crippen molar-refractivity contribution in [2.75, 3.05) is 17.4 Å². The highest BCUT2D eigenvalue weighted by molar-refractivity contribution is 7.92. The molecule has 0 aromatic heterocycles. The van der Waals surface area contributed by atoms with E-state index >= 15 is 0 Å². The van der Waals surface area contributed by atoms with Crippen LogP contribution in [0.2, 0.25) is 10.0 Å². The molecular weight excluding hydrogens is 590 g/mol. The van der Waals surface area contributed by atoms with Gasteiger partial charge in [0.25, 0.3) is 10.0 Å². The first-order chi connectivity index (χ1) is 18.8. The van der Waals surface area contributed by atoms with E-state index in [4.69, 9.17) is 23.2 Å². The molecule has 3 aromatic carbocycles. The Kier molecular flexibility index (Phi) is 10.1. The number of nitrogens with one attached hydrogen (secondary N) is 1. The lowest BCUT2D eigenvalue weighted by molar-refractivity contribution is -0.139. The minimum atomic E-state index is -4.76. The summed E-state index contributed by atoms with van der Waals surface area (Å²) in [4.78, 5) is 27.4. The lowest BCUT2D eigenvalue weighted by atomic mass is 10.1. The predicted molar refractivity (Wildman–Crippen MR) is 148 cm³/mol. The normalized spacial score (nSPS) is 12.5. The molecule has 0 fully saturated rings. The Labute approximate surface area is 240 Å². The average molecular weight is 616 g/mol. The van der Waals surface area contributed by atoms with Crippen LogP contribution in [0.1, 0.15) is 25.0 Å². The third-order valence-corrected chi connectivity index (χ3v) is 8.48. The number of amides is 2. The van der Waals surface area contributed by atoms with Crippen molar-refractivity contribution in [3.63, 3.8) is 0 Å². The third-order valence-electron chi connectivity index (χ3n) is 5.98. The van der Waals surface area contributed by atoms with Crippen LogP contribution in [0, 0.1) is 0 Å². The second kappa shape index (κ2) is 12.9. The lowest BCUT2D eigenvalue weighted by Gasteiger charge is -2.32. The molecule has 7 nitrogen and oxygen atoms in total. The number of halogens is 5. The van der Waals surface area contributed by atoms with Crippen LogP contribution in [0.4, 0.5) is 18.9 Å². The number of likely N-dealkylation sites (N-methyl/N-ethyl adjacent to an activating group) is 1. The SMILES string of the molecule is CCNC(=O)[C@@H](C)N(Cc1c(Cl)cccc1Cl)C(=O)CN(c1cccc(C(F)(F)F)c1)S(=O)(=O)c1ccccc1. The second-order valence-corrected chi connectivity index (χ2v) is 11.3. The standard InChI is InChI=1S/C27H26Cl2F3N3O4S/c1-3-33-26(37)18(2)34(16-22-23(28)13-8-14-24(22)29)25(36)17-35(40(38,39)21-11-5-4-6-12-21)20-10-7-9-19(15-20)27(30,31)32/h4-15,18H,3,16-17H2,1-2H3,(H,33,37)/t18-/m1/s1. The fourth-order valence-electron chi connectivity index (χ4n) is 3.84. The van der Waals surface area contributed by atoms with E-state index in [0.717, 1.165) is 23.1 Å². The minimum absolute atomic E-state index is 0.208. The molecule has 0 radical (unpaired) electrons. The molecule has 0 saturated heterocycles. The number of carbonyl (C=O) groups excluding carboxylic acids is 2. The summed E-state index contributed by atoms with van der Waals surface area (Å²) in [5.41, 5.74) is -1.17. The molecule has 3 rings (SSSR count). The van der Waals surface area contributed by atoms with Gasteiger partial charge in [-0.3, -0.25) is 13.9 Å². The summed E-state index contributed by atoms with van der Waals surface area (Å²) in [7, 11) is -4.52. The van der Waals surface area contributed by atoms with E-state index in [0.29, 0.717) is 15.9 Å². The number of alkyl halides is 3. The fourth-order valence-corrected chi connectivity index (χ4v) is 5.79. The molecule has 0 bridgehead atoms. The predicted octanol–water partition coefficient (Wildman–Crippen LogP) is 5.76. The number of hydrogen-bond acceptors (Lipinski definition) is 4. The molecule has 214 valence electrons. The highest BCUT2D eigenvalue weighted by Crippen LogP contribution is 2.34. The number of rotatable bonds is 10. The van der Waals surface area contributed by atoms with Gasteiger partial charge in [-0.15, -0.1) is 0 Å². The van der Waals surface area contributed by atoms with Gasteiger partial charge in [-0.1, -0.05) is 53.5 Å². The Bertz CT molecular complexity index is 1450. The topological polar surface area (TPSA) is 86.8 Å². The lowest BCUT2D eigenvalue weighted by Crippen LogP contribution is -2.51. The number of benzene rings is 3. The minimum Gasteiger partial charge on any atom is -0.355 e. The molecule has 2 amide bonds. The fraction of sp³-hybridized carbons (Fsp3) is 0.259. The maximum Gasteiger partial charge on any atom is 0.416 e. The van der Waals surface area contributed by atoms with Crippen LogP contribution in [0.15, 0.2) is 77.7 Å². The monoisotopic (exact) mass is 615 g/mol. The largest absolute Gasteiger partial charge is 0.416 e. The summed E-state index contributed by atoms with van der Waals surface area (Å²) in [6, 6.07) is 14.2. The van der Waals surface area contributed by atoms with Gasteiger partial charge in [0, 0.05) is 28.7 Å². The summed E-state index contributed by atoms with van der Waals surface area (Å²) in [5.74, 6) is -1.40. The first-order valence-corrected chi connectivity index (χ1v) is 14.2. The number of anilines is 1. The van der Waals surface area contributed by atoms with E-state index in [1.165, 1.54) is 43.3 Å². The molecule has 0 aliphatic carbocycles. The molecule has 1 atom stereocenters. The van der Waals surface area contributed by atoms with Crippen LogP contribution >= 0.6 is 23.2 Å². The molecule has 0 aliphatic rings. The Morgan fingerprint density at radius 1 is 0.950 bits per heavy atom. The van der Waals surface area contributed by atoms with Crippen molar-refractivity contribution in [1.82, 2.24) is 10.2 Å². The van der Waals surface area contributed by atoms with Crippen LogP contribution in [0.25, 0.3) is 0 Å². The number of sulfonamides is 1. The smallest absolute Gasteiger partial charge is 0.355 e. The van der Waals surface area contributed by atoms with Gasteiger partial charge in [-0.2, -0.15) is 13.2 Å². The molecule has 0 unspecified atom stereocenters. The van der Waals surface area contributed by atoms with Gasteiger partial charge in [0.2, 0.25) is 11.8 Å². The van der Waals surface area contributed by atoms with Gasteiger partial charge in [0.15, 0.2) is 0 Å².